The largest absolute Gasteiger partial charge is 0.469 e. The van der Waals surface area contributed by atoms with Crippen LogP contribution in [-0.4, -0.2) is 69.2 Å². The number of ether oxygens (including phenoxy) is 2. The molecular formula is C31H53O11P. The number of carbonyl (C=O) groups excluding carboxylic acids is 3. The Hall–Kier alpha value is -1.88. The van der Waals surface area contributed by atoms with E-state index < -0.39 is 44.7 Å². The van der Waals surface area contributed by atoms with Crippen LogP contribution in [0.3, 0.4) is 0 Å². The molecule has 0 aromatic rings. The van der Waals surface area contributed by atoms with Crippen LogP contribution in [0.4, 0.5) is 0 Å². The van der Waals surface area contributed by atoms with Crippen molar-refractivity contribution in [2.75, 3.05) is 13.2 Å². The number of phosphoric ester groups is 1. The zero-order chi connectivity index (χ0) is 32.1. The van der Waals surface area contributed by atoms with Gasteiger partial charge in [0, 0.05) is 31.1 Å². The number of esters is 2. The third kappa shape index (κ3) is 19.2. The molecule has 0 radical (unpaired) electrons. The molecule has 0 aromatic heterocycles. The quantitative estimate of drug-likeness (QED) is 0.0482. The van der Waals surface area contributed by atoms with Crippen LogP contribution in [0.25, 0.3) is 0 Å². The zero-order valence-corrected chi connectivity index (χ0v) is 26.7. The SMILES string of the molecule is CCCCCCCC(=O)O[C@H](COC(=O)CCC/C=C\C[C@H]1C(=O)C[C@@H](O)[C@@H]1/C=C/[C@@H](O)CCCCC)COP(=O)(O)O. The first-order valence-corrected chi connectivity index (χ1v) is 17.3. The normalized spacial score (nSPS) is 20.6. The highest BCUT2D eigenvalue weighted by atomic mass is 31.2. The van der Waals surface area contributed by atoms with E-state index >= 15 is 0 Å². The van der Waals surface area contributed by atoms with E-state index in [2.05, 4.69) is 18.4 Å². The fourth-order valence-corrected chi connectivity index (χ4v) is 5.24. The Kier molecular flexibility index (Phi) is 20.6. The first-order valence-electron chi connectivity index (χ1n) is 15.7. The molecule has 0 amide bonds. The molecule has 0 unspecified atom stereocenters. The van der Waals surface area contributed by atoms with Gasteiger partial charge in [0.25, 0.3) is 0 Å². The van der Waals surface area contributed by atoms with E-state index in [4.69, 9.17) is 19.3 Å². The zero-order valence-electron chi connectivity index (χ0n) is 25.8. The number of allylic oxidation sites excluding steroid dienone is 2. The van der Waals surface area contributed by atoms with Crippen LogP contribution in [-0.2, 0) is 32.9 Å². The Morgan fingerprint density at radius 1 is 0.953 bits per heavy atom. The lowest BCUT2D eigenvalue weighted by atomic mass is 9.90. The molecule has 12 heteroatoms. The molecular weight excluding hydrogens is 579 g/mol. The highest BCUT2D eigenvalue weighted by molar-refractivity contribution is 7.46. The Morgan fingerprint density at radius 3 is 2.33 bits per heavy atom. The fraction of sp³-hybridized carbons (Fsp3) is 0.774. The fourth-order valence-electron chi connectivity index (χ4n) is 4.88. The van der Waals surface area contributed by atoms with E-state index in [9.17, 15) is 29.2 Å². The molecule has 0 spiro atoms. The molecule has 248 valence electrons. The number of hydrogen-bond donors (Lipinski definition) is 4. The smallest absolute Gasteiger partial charge is 0.462 e. The topological polar surface area (TPSA) is 177 Å². The number of aliphatic hydroxyl groups excluding tert-OH is 2. The monoisotopic (exact) mass is 632 g/mol. The van der Waals surface area contributed by atoms with Gasteiger partial charge in [-0.25, -0.2) is 4.57 Å². The van der Waals surface area contributed by atoms with E-state index in [-0.39, 0.29) is 43.5 Å². The number of hydrogen-bond acceptors (Lipinski definition) is 9. The van der Waals surface area contributed by atoms with Crippen molar-refractivity contribution in [3.8, 4) is 0 Å². The predicted molar refractivity (Wildman–Crippen MR) is 162 cm³/mol. The van der Waals surface area contributed by atoms with Gasteiger partial charge in [-0.05, 0) is 32.1 Å². The van der Waals surface area contributed by atoms with Gasteiger partial charge in [0.1, 0.15) is 12.4 Å². The van der Waals surface area contributed by atoms with Crippen LogP contribution in [0.1, 0.15) is 110 Å². The summed E-state index contributed by atoms with van der Waals surface area (Å²) in [4.78, 5) is 54.7. The Balaban J connectivity index is 2.44. The third-order valence-corrected chi connectivity index (χ3v) is 7.83. The van der Waals surface area contributed by atoms with Crippen LogP contribution < -0.4 is 0 Å². The highest BCUT2D eigenvalue weighted by Crippen LogP contribution is 2.36. The lowest BCUT2D eigenvalue weighted by Crippen LogP contribution is -2.29. The van der Waals surface area contributed by atoms with Crippen LogP contribution in [0, 0.1) is 11.8 Å². The first kappa shape index (κ1) is 39.1. The number of aliphatic hydroxyl groups is 2. The van der Waals surface area contributed by atoms with Crippen molar-refractivity contribution in [2.24, 2.45) is 11.8 Å². The molecule has 1 aliphatic carbocycles. The first-order chi connectivity index (χ1) is 20.5. The maximum atomic E-state index is 12.4. The third-order valence-electron chi connectivity index (χ3n) is 7.34. The lowest BCUT2D eigenvalue weighted by Gasteiger charge is -2.18. The second-order valence-electron chi connectivity index (χ2n) is 11.2. The number of phosphoric acid groups is 1. The maximum Gasteiger partial charge on any atom is 0.469 e. The van der Waals surface area contributed by atoms with Crippen LogP contribution in [0.2, 0.25) is 0 Å². The minimum Gasteiger partial charge on any atom is -0.462 e. The second kappa shape index (κ2) is 22.6. The Bertz CT molecular complexity index is 913. The number of ketones is 1. The molecule has 0 bridgehead atoms. The number of carbonyl (C=O) groups is 3. The van der Waals surface area contributed by atoms with Gasteiger partial charge in [-0.1, -0.05) is 83.1 Å². The summed E-state index contributed by atoms with van der Waals surface area (Å²) in [6, 6.07) is 0. The molecule has 1 saturated carbocycles. The second-order valence-corrected chi connectivity index (χ2v) is 12.5. The van der Waals surface area contributed by atoms with Crippen molar-refractivity contribution >= 4 is 25.5 Å². The van der Waals surface area contributed by atoms with E-state index in [1.165, 1.54) is 0 Å². The van der Waals surface area contributed by atoms with Gasteiger partial charge in [-0.3, -0.25) is 18.9 Å². The average Bonchev–Trinajstić information content (AvgIpc) is 3.21. The van der Waals surface area contributed by atoms with Crippen LogP contribution in [0.5, 0.6) is 0 Å². The van der Waals surface area contributed by atoms with E-state index in [1.807, 2.05) is 12.2 Å². The van der Waals surface area contributed by atoms with Gasteiger partial charge >= 0.3 is 19.8 Å². The Labute approximate surface area is 256 Å². The molecule has 0 aromatic carbocycles. The number of rotatable bonds is 24. The van der Waals surface area contributed by atoms with Crippen LogP contribution in [0.15, 0.2) is 24.3 Å². The van der Waals surface area contributed by atoms with Gasteiger partial charge in [-0.2, -0.15) is 0 Å². The van der Waals surface area contributed by atoms with Gasteiger partial charge in [0.2, 0.25) is 0 Å². The predicted octanol–water partition coefficient (Wildman–Crippen LogP) is 5.09. The molecule has 43 heavy (non-hydrogen) atoms. The summed E-state index contributed by atoms with van der Waals surface area (Å²) < 4.78 is 25.9. The number of unbranched alkanes of at least 4 members (excludes halogenated alkanes) is 7. The molecule has 1 aliphatic rings. The summed E-state index contributed by atoms with van der Waals surface area (Å²) in [6.07, 6.45) is 14.8. The summed E-state index contributed by atoms with van der Waals surface area (Å²) in [6.45, 7) is 3.19. The Morgan fingerprint density at radius 2 is 1.63 bits per heavy atom. The molecule has 0 aliphatic heterocycles. The summed E-state index contributed by atoms with van der Waals surface area (Å²) in [7, 11) is -4.80. The van der Waals surface area contributed by atoms with Crippen molar-refractivity contribution in [3.05, 3.63) is 24.3 Å². The van der Waals surface area contributed by atoms with Crippen molar-refractivity contribution in [3.63, 3.8) is 0 Å². The van der Waals surface area contributed by atoms with Crippen molar-refractivity contribution < 1.29 is 52.9 Å². The summed E-state index contributed by atoms with van der Waals surface area (Å²) >= 11 is 0. The van der Waals surface area contributed by atoms with E-state index in [0.29, 0.717) is 32.1 Å². The van der Waals surface area contributed by atoms with Gasteiger partial charge < -0.3 is 29.5 Å². The molecule has 11 nitrogen and oxygen atoms in total. The summed E-state index contributed by atoms with van der Waals surface area (Å²) in [5.74, 6) is -1.81. The molecule has 1 fully saturated rings. The molecule has 5 atom stereocenters. The van der Waals surface area contributed by atoms with Gasteiger partial charge in [0.05, 0.1) is 18.8 Å². The summed E-state index contributed by atoms with van der Waals surface area (Å²) in [5.41, 5.74) is 0. The van der Waals surface area contributed by atoms with Crippen molar-refractivity contribution in [2.45, 2.75) is 128 Å². The molecule has 0 heterocycles. The summed E-state index contributed by atoms with van der Waals surface area (Å²) in [5, 5.41) is 20.5. The average molecular weight is 633 g/mol. The van der Waals surface area contributed by atoms with E-state index in [1.54, 1.807) is 12.2 Å². The van der Waals surface area contributed by atoms with Gasteiger partial charge in [0.15, 0.2) is 6.10 Å². The molecule has 4 N–H and O–H groups in total. The van der Waals surface area contributed by atoms with Crippen molar-refractivity contribution in [1.82, 2.24) is 0 Å². The number of Topliss-reactive ketones (excluding diaryl/α,β-unsaturated/α-hetero) is 1. The van der Waals surface area contributed by atoms with Crippen molar-refractivity contribution in [1.29, 1.82) is 0 Å². The standard InChI is InChI=1S/C31H53O11P/c1-3-5-7-8-14-18-31(36)42-25(23-41-43(37,38)39)22-40-30(35)17-13-10-9-12-16-26-27(29(34)21-28(26)33)20-19-24(32)15-11-6-4-2/h9,12,19-20,24-27,29,32,34H,3-8,10-11,13-18,21-23H2,1-2H3,(H2,37,38,39)/b12-9-,20-19+/t24-,25+,26+,27+,29+/m0/s1. The highest BCUT2D eigenvalue weighted by Gasteiger charge is 2.39. The van der Waals surface area contributed by atoms with Gasteiger partial charge in [-0.15, -0.1) is 0 Å². The van der Waals surface area contributed by atoms with E-state index in [0.717, 1.165) is 44.9 Å². The molecule has 0 saturated heterocycles. The lowest BCUT2D eigenvalue weighted by molar-refractivity contribution is -0.161. The minimum absolute atomic E-state index is 0.00896. The molecule has 1 rings (SSSR count). The minimum atomic E-state index is -4.80. The van der Waals surface area contributed by atoms with Crippen LogP contribution >= 0.6 is 7.82 Å². The maximum absolute atomic E-state index is 12.4.